The Morgan fingerprint density at radius 2 is 2.33 bits per heavy atom. The maximum absolute atomic E-state index is 12.2. The first-order valence-corrected chi connectivity index (χ1v) is 10.8. The molecular formula is C19H23N3O3S2. The van der Waals surface area contributed by atoms with Crippen molar-refractivity contribution in [2.45, 2.75) is 36.7 Å². The first-order chi connectivity index (χ1) is 13.0. The summed E-state index contributed by atoms with van der Waals surface area (Å²) in [5.41, 5.74) is 2.58. The van der Waals surface area contributed by atoms with Gasteiger partial charge in [-0.05, 0) is 18.9 Å². The van der Waals surface area contributed by atoms with Gasteiger partial charge in [0.15, 0.2) is 10.0 Å². The molecule has 1 saturated heterocycles. The van der Waals surface area contributed by atoms with Gasteiger partial charge in [-0.3, -0.25) is 4.79 Å². The number of carboxylic acids is 1. The van der Waals surface area contributed by atoms with Crippen LogP contribution in [0.2, 0.25) is 0 Å². The minimum atomic E-state index is -1.01. The molecule has 1 atom stereocenters. The number of carbonyl (C=O) groups excluding carboxylic acids is 1. The second kappa shape index (κ2) is 9.34. The smallest absolute Gasteiger partial charge is 0.355 e. The maximum atomic E-state index is 12.2. The largest absolute Gasteiger partial charge is 0.476 e. The molecule has 0 unspecified atom stereocenters. The highest BCUT2D eigenvalue weighted by Crippen LogP contribution is 2.24. The van der Waals surface area contributed by atoms with Gasteiger partial charge in [-0.15, -0.1) is 11.3 Å². The molecule has 0 aliphatic carbocycles. The van der Waals surface area contributed by atoms with E-state index in [0.29, 0.717) is 18.7 Å². The quantitative estimate of drug-likeness (QED) is 0.624. The van der Waals surface area contributed by atoms with Crippen molar-refractivity contribution in [3.8, 4) is 0 Å². The molecule has 3 rings (SSSR count). The fourth-order valence-electron chi connectivity index (χ4n) is 3.17. The summed E-state index contributed by atoms with van der Waals surface area (Å²) < 4.78 is 0.730. The summed E-state index contributed by atoms with van der Waals surface area (Å²) in [6.07, 6.45) is 1.48. The molecule has 2 N–H and O–H groups in total. The Hall–Kier alpha value is -1.90. The van der Waals surface area contributed by atoms with Crippen molar-refractivity contribution in [3.05, 3.63) is 46.5 Å². The molecule has 1 fully saturated rings. The molecule has 2 heterocycles. The van der Waals surface area contributed by atoms with E-state index in [9.17, 15) is 9.59 Å². The minimum Gasteiger partial charge on any atom is -0.476 e. The lowest BCUT2D eigenvalue weighted by molar-refractivity contribution is -0.128. The molecule has 0 spiro atoms. The average molecular weight is 406 g/mol. The van der Waals surface area contributed by atoms with Gasteiger partial charge >= 0.3 is 5.97 Å². The summed E-state index contributed by atoms with van der Waals surface area (Å²) in [6.45, 7) is 4.32. The Balaban J connectivity index is 1.45. The summed E-state index contributed by atoms with van der Waals surface area (Å²) >= 11 is 2.83. The zero-order chi connectivity index (χ0) is 19.2. The van der Waals surface area contributed by atoms with Crippen LogP contribution in [0.25, 0.3) is 0 Å². The van der Waals surface area contributed by atoms with Gasteiger partial charge in [0.1, 0.15) is 0 Å². The number of rotatable bonds is 9. The summed E-state index contributed by atoms with van der Waals surface area (Å²) in [4.78, 5) is 29.1. The lowest BCUT2D eigenvalue weighted by atomic mass is 10.1. The van der Waals surface area contributed by atoms with Crippen LogP contribution < -0.4 is 5.32 Å². The summed E-state index contributed by atoms with van der Waals surface area (Å²) in [5, 5.41) is 13.9. The highest BCUT2D eigenvalue weighted by atomic mass is 32.2. The average Bonchev–Trinajstić information content (AvgIpc) is 3.24. The number of carboxylic acid groups (broad SMARTS) is 1. The highest BCUT2D eigenvalue weighted by molar-refractivity contribution is 8.01. The molecule has 27 heavy (non-hydrogen) atoms. The van der Waals surface area contributed by atoms with E-state index in [0.717, 1.165) is 23.8 Å². The van der Waals surface area contributed by atoms with Crippen molar-refractivity contribution in [2.75, 3.05) is 18.8 Å². The number of amides is 1. The van der Waals surface area contributed by atoms with Crippen LogP contribution >= 0.6 is 23.1 Å². The molecule has 1 aliphatic rings. The van der Waals surface area contributed by atoms with E-state index < -0.39 is 5.97 Å². The number of hydrogen-bond acceptors (Lipinski definition) is 6. The monoisotopic (exact) mass is 405 g/mol. The molecule has 8 heteroatoms. The normalized spacial score (nSPS) is 16.9. The Labute approximate surface area is 167 Å². The topological polar surface area (TPSA) is 82.5 Å². The number of thiazole rings is 1. The van der Waals surface area contributed by atoms with Gasteiger partial charge in [-0.2, -0.15) is 0 Å². The molecule has 2 aromatic rings. The molecule has 1 amide bonds. The van der Waals surface area contributed by atoms with E-state index in [1.54, 1.807) is 5.38 Å². The fourth-order valence-corrected chi connectivity index (χ4v) is 4.98. The van der Waals surface area contributed by atoms with Crippen molar-refractivity contribution < 1.29 is 14.7 Å². The van der Waals surface area contributed by atoms with Crippen LogP contribution in [0, 0.1) is 6.92 Å². The zero-order valence-electron chi connectivity index (χ0n) is 15.2. The number of carbonyl (C=O) groups is 2. The van der Waals surface area contributed by atoms with Crippen LogP contribution in [0.5, 0.6) is 0 Å². The third kappa shape index (κ3) is 5.54. The van der Waals surface area contributed by atoms with Crippen LogP contribution in [0.15, 0.2) is 34.0 Å². The van der Waals surface area contributed by atoms with Crippen LogP contribution in [0.1, 0.15) is 34.5 Å². The van der Waals surface area contributed by atoms with Crippen molar-refractivity contribution in [2.24, 2.45) is 0 Å². The van der Waals surface area contributed by atoms with E-state index in [2.05, 4.69) is 41.5 Å². The zero-order valence-corrected chi connectivity index (χ0v) is 16.8. The first-order valence-electron chi connectivity index (χ1n) is 8.90. The molecule has 144 valence electrons. The molecule has 0 saturated carbocycles. The summed E-state index contributed by atoms with van der Waals surface area (Å²) in [7, 11) is 0. The summed E-state index contributed by atoms with van der Waals surface area (Å²) in [6, 6.07) is 8.63. The second-order valence-electron chi connectivity index (χ2n) is 6.55. The number of nitrogens with one attached hydrogen (secondary N) is 1. The number of nitrogens with zero attached hydrogens (tertiary/aromatic N) is 2. The van der Waals surface area contributed by atoms with Crippen molar-refractivity contribution in [3.63, 3.8) is 0 Å². The SMILES string of the molecule is Cc1cccc(CNC[C@H]2CCC(=O)N2CCSc2nc(C(=O)O)cs2)c1. The van der Waals surface area contributed by atoms with Crippen molar-refractivity contribution in [1.29, 1.82) is 0 Å². The van der Waals surface area contributed by atoms with Crippen molar-refractivity contribution >= 4 is 35.0 Å². The summed E-state index contributed by atoms with van der Waals surface area (Å²) in [5.74, 6) is -0.0944. The van der Waals surface area contributed by atoms with E-state index in [4.69, 9.17) is 5.11 Å². The molecular weight excluding hydrogens is 382 g/mol. The molecule has 1 aromatic carbocycles. The Kier molecular flexibility index (Phi) is 6.87. The standard InChI is InChI=1S/C19H23N3O3S2/c1-13-3-2-4-14(9-13)10-20-11-15-5-6-17(23)22(15)7-8-26-19-21-16(12-27-19)18(24)25/h2-4,9,12,15,20H,5-8,10-11H2,1H3,(H,24,25)/t15-/m1/s1. The molecule has 6 nitrogen and oxygen atoms in total. The third-order valence-corrected chi connectivity index (χ3v) is 6.51. The van der Waals surface area contributed by atoms with Gasteiger partial charge in [0.05, 0.1) is 0 Å². The van der Waals surface area contributed by atoms with Gasteiger partial charge in [0.25, 0.3) is 0 Å². The predicted octanol–water partition coefficient (Wildman–Crippen LogP) is 3.02. The maximum Gasteiger partial charge on any atom is 0.355 e. The number of thioether (sulfide) groups is 1. The second-order valence-corrected chi connectivity index (χ2v) is 8.75. The van der Waals surface area contributed by atoms with Crippen LogP contribution in [-0.2, 0) is 11.3 Å². The number of likely N-dealkylation sites (tertiary alicyclic amines) is 1. The van der Waals surface area contributed by atoms with Crippen LogP contribution in [0.3, 0.4) is 0 Å². The van der Waals surface area contributed by atoms with E-state index in [-0.39, 0.29) is 17.6 Å². The number of aryl methyl sites for hydroxylation is 1. The van der Waals surface area contributed by atoms with Gasteiger partial charge in [-0.25, -0.2) is 9.78 Å². The van der Waals surface area contributed by atoms with Crippen molar-refractivity contribution in [1.82, 2.24) is 15.2 Å². The van der Waals surface area contributed by atoms with Gasteiger partial charge in [0.2, 0.25) is 5.91 Å². The van der Waals surface area contributed by atoms with E-state index >= 15 is 0 Å². The molecule has 0 radical (unpaired) electrons. The number of hydrogen-bond donors (Lipinski definition) is 2. The molecule has 1 aliphatic heterocycles. The lowest BCUT2D eigenvalue weighted by Gasteiger charge is -2.25. The Morgan fingerprint density at radius 1 is 1.48 bits per heavy atom. The lowest BCUT2D eigenvalue weighted by Crippen LogP contribution is -2.41. The fraction of sp³-hybridized carbons (Fsp3) is 0.421. The van der Waals surface area contributed by atoms with Crippen LogP contribution in [-0.4, -0.2) is 51.8 Å². The Bertz CT molecular complexity index is 809. The number of benzene rings is 1. The first kappa shape index (κ1) is 19.9. The molecule has 1 aromatic heterocycles. The Morgan fingerprint density at radius 3 is 3.07 bits per heavy atom. The third-order valence-electron chi connectivity index (χ3n) is 4.50. The highest BCUT2D eigenvalue weighted by Gasteiger charge is 2.30. The minimum absolute atomic E-state index is 0.0815. The number of aromatic carboxylic acids is 1. The van der Waals surface area contributed by atoms with Gasteiger partial charge in [-0.1, -0.05) is 41.6 Å². The predicted molar refractivity (Wildman–Crippen MR) is 107 cm³/mol. The number of aromatic nitrogens is 1. The van der Waals surface area contributed by atoms with E-state index in [1.807, 2.05) is 4.90 Å². The molecule has 0 bridgehead atoms. The van der Waals surface area contributed by atoms with E-state index in [1.165, 1.54) is 34.2 Å². The van der Waals surface area contributed by atoms with Gasteiger partial charge < -0.3 is 15.3 Å². The van der Waals surface area contributed by atoms with Gasteiger partial charge in [0, 0.05) is 43.2 Å². The van der Waals surface area contributed by atoms with Crippen LogP contribution in [0.4, 0.5) is 0 Å².